The number of furan rings is 2. The van der Waals surface area contributed by atoms with Crippen LogP contribution in [-0.4, -0.2) is 0 Å². The number of benzene rings is 11. The van der Waals surface area contributed by atoms with Crippen LogP contribution >= 0.6 is 0 Å². The Morgan fingerprint density at radius 2 is 0.639 bits per heavy atom. The molecule has 4 heteroatoms. The predicted octanol–water partition coefficient (Wildman–Crippen LogP) is 19.9. The van der Waals surface area contributed by atoms with Crippen LogP contribution in [0.15, 0.2) is 215 Å². The number of hydrogen-bond acceptors (Lipinski definition) is 4. The van der Waals surface area contributed by atoms with Gasteiger partial charge >= 0.3 is 0 Å². The molecular weight excluding hydrogens is 877 g/mol. The highest BCUT2D eigenvalue weighted by Crippen LogP contribution is 2.46. The quantitative estimate of drug-likeness (QED) is 0.152. The van der Waals surface area contributed by atoms with E-state index in [2.05, 4.69) is 258 Å². The second kappa shape index (κ2) is 16.9. The summed E-state index contributed by atoms with van der Waals surface area (Å²) in [4.78, 5) is 4.87. The van der Waals surface area contributed by atoms with E-state index in [1.807, 2.05) is 0 Å². The van der Waals surface area contributed by atoms with Gasteiger partial charge in [-0.3, -0.25) is 0 Å². The zero-order chi connectivity index (χ0) is 48.8. The minimum absolute atomic E-state index is 0.842. The van der Waals surface area contributed by atoms with Crippen molar-refractivity contribution in [3.63, 3.8) is 0 Å². The van der Waals surface area contributed by atoms with Gasteiger partial charge in [0.25, 0.3) is 0 Å². The van der Waals surface area contributed by atoms with Crippen molar-refractivity contribution in [3.05, 3.63) is 240 Å². The van der Waals surface area contributed by atoms with E-state index >= 15 is 0 Å². The third-order valence-electron chi connectivity index (χ3n) is 14.9. The van der Waals surface area contributed by atoms with Gasteiger partial charge in [-0.1, -0.05) is 133 Å². The van der Waals surface area contributed by atoms with E-state index in [0.717, 1.165) is 88.2 Å². The molecule has 0 bridgehead atoms. The van der Waals surface area contributed by atoms with Crippen LogP contribution in [0.25, 0.3) is 87.7 Å². The fraction of sp³-hybridized carbons (Fsp3) is 0.0882. The lowest BCUT2D eigenvalue weighted by atomic mass is 9.99. The Morgan fingerprint density at radius 1 is 0.264 bits per heavy atom. The third-order valence-corrected chi connectivity index (χ3v) is 14.9. The highest BCUT2D eigenvalue weighted by molar-refractivity contribution is 6.18. The lowest BCUT2D eigenvalue weighted by molar-refractivity contribution is 0.664. The molecule has 0 aliphatic rings. The second-order valence-electron chi connectivity index (χ2n) is 19.7. The summed E-state index contributed by atoms with van der Waals surface area (Å²) in [5.74, 6) is 0. The van der Waals surface area contributed by atoms with Gasteiger partial charge in [-0.05, 0) is 192 Å². The first-order chi connectivity index (χ1) is 35.1. The number of rotatable bonds is 8. The lowest BCUT2D eigenvalue weighted by Crippen LogP contribution is -2.14. The van der Waals surface area contributed by atoms with Gasteiger partial charge in [-0.2, -0.15) is 0 Å². The number of hydrogen-bond donors (Lipinski definition) is 0. The van der Waals surface area contributed by atoms with Crippen LogP contribution < -0.4 is 9.80 Å². The van der Waals surface area contributed by atoms with E-state index in [1.54, 1.807) is 0 Å². The predicted molar refractivity (Wildman–Crippen MR) is 305 cm³/mol. The van der Waals surface area contributed by atoms with E-state index in [-0.39, 0.29) is 0 Å². The van der Waals surface area contributed by atoms with Crippen molar-refractivity contribution in [1.82, 2.24) is 0 Å². The number of para-hydroxylation sites is 2. The molecule has 0 fully saturated rings. The minimum Gasteiger partial charge on any atom is -0.456 e. The van der Waals surface area contributed by atoms with Crippen LogP contribution in [0.4, 0.5) is 34.1 Å². The van der Waals surface area contributed by atoms with Crippen LogP contribution in [0.3, 0.4) is 0 Å². The zero-order valence-electron chi connectivity index (χ0n) is 41.3. The minimum atomic E-state index is 0.842. The van der Waals surface area contributed by atoms with Crippen molar-refractivity contribution in [2.24, 2.45) is 0 Å². The van der Waals surface area contributed by atoms with Gasteiger partial charge in [0.1, 0.15) is 22.3 Å². The van der Waals surface area contributed by atoms with Crippen molar-refractivity contribution in [3.8, 4) is 22.3 Å². The first-order valence-corrected chi connectivity index (χ1v) is 24.9. The molecule has 2 aromatic heterocycles. The average Bonchev–Trinajstić information content (AvgIpc) is 3.92. The van der Waals surface area contributed by atoms with Gasteiger partial charge in [-0.15, -0.1) is 0 Å². The number of anilines is 6. The van der Waals surface area contributed by atoms with Gasteiger partial charge in [0.15, 0.2) is 0 Å². The molecule has 0 N–H and O–H groups in total. The van der Waals surface area contributed by atoms with Crippen LogP contribution in [0.1, 0.15) is 33.4 Å². The Hall–Kier alpha value is -8.86. The Kier molecular flexibility index (Phi) is 10.2. The van der Waals surface area contributed by atoms with Gasteiger partial charge in [0.05, 0.1) is 11.4 Å². The summed E-state index contributed by atoms with van der Waals surface area (Å²) in [6.07, 6.45) is 0. The molecule has 4 nitrogen and oxygen atoms in total. The Bertz CT molecular complexity index is 3980. The van der Waals surface area contributed by atoms with Crippen molar-refractivity contribution < 1.29 is 8.83 Å². The lowest BCUT2D eigenvalue weighted by Gasteiger charge is -2.30. The number of fused-ring (bicyclic) bond motifs is 8. The molecule has 0 aliphatic carbocycles. The van der Waals surface area contributed by atoms with Gasteiger partial charge in [0.2, 0.25) is 0 Å². The van der Waals surface area contributed by atoms with Crippen LogP contribution in [0.2, 0.25) is 0 Å². The fourth-order valence-electron chi connectivity index (χ4n) is 11.2. The molecule has 0 spiro atoms. The molecule has 13 rings (SSSR count). The van der Waals surface area contributed by atoms with Gasteiger partial charge in [0, 0.05) is 44.3 Å². The largest absolute Gasteiger partial charge is 0.456 e. The molecule has 0 radical (unpaired) electrons. The third kappa shape index (κ3) is 7.21. The van der Waals surface area contributed by atoms with E-state index in [0.29, 0.717) is 0 Å². The van der Waals surface area contributed by atoms with E-state index in [9.17, 15) is 0 Å². The molecular formula is C68H52N2O2. The zero-order valence-corrected chi connectivity index (χ0v) is 41.3. The summed E-state index contributed by atoms with van der Waals surface area (Å²) in [5.41, 5.74) is 22.3. The maximum Gasteiger partial charge on any atom is 0.136 e. The molecule has 0 unspecified atom stereocenters. The summed E-state index contributed by atoms with van der Waals surface area (Å²) in [5, 5.41) is 8.74. The first kappa shape index (κ1) is 43.2. The van der Waals surface area contributed by atoms with E-state index in [4.69, 9.17) is 8.83 Å². The molecule has 346 valence electrons. The second-order valence-corrected chi connectivity index (χ2v) is 19.7. The highest BCUT2D eigenvalue weighted by Gasteiger charge is 2.23. The molecule has 11 aromatic carbocycles. The maximum atomic E-state index is 6.80. The molecule has 0 saturated carbocycles. The van der Waals surface area contributed by atoms with E-state index in [1.165, 1.54) is 67.0 Å². The van der Waals surface area contributed by atoms with Crippen LogP contribution in [0, 0.1) is 41.5 Å². The SMILES string of the molecule is Cc1ccc(-c2ccccc2)cc1N(c1ccc2cc3c(cc2c1)oc1cc2c(cc13)oc1cc3cc(N(c4cc(-c5ccccc5)ccc4C)c4c(C)cccc4C)ccc3cc12)c1c(C)cccc1C. The Morgan fingerprint density at radius 3 is 1.04 bits per heavy atom. The molecule has 0 saturated heterocycles. The van der Waals surface area contributed by atoms with Crippen molar-refractivity contribution in [2.75, 3.05) is 9.80 Å². The molecule has 13 aromatic rings. The summed E-state index contributed by atoms with van der Waals surface area (Å²) in [7, 11) is 0. The Labute approximate surface area is 419 Å². The Balaban J connectivity index is 0.908. The highest BCUT2D eigenvalue weighted by atomic mass is 16.3. The summed E-state index contributed by atoms with van der Waals surface area (Å²) in [6.45, 7) is 13.2. The molecule has 0 atom stereocenters. The molecule has 72 heavy (non-hydrogen) atoms. The average molecular weight is 929 g/mol. The summed E-state index contributed by atoms with van der Waals surface area (Å²) in [6, 6.07) is 74.9. The van der Waals surface area contributed by atoms with Crippen molar-refractivity contribution in [2.45, 2.75) is 41.5 Å². The molecule has 2 heterocycles. The normalized spacial score (nSPS) is 11.8. The summed E-state index contributed by atoms with van der Waals surface area (Å²) >= 11 is 0. The smallest absolute Gasteiger partial charge is 0.136 e. The molecule has 0 amide bonds. The molecule has 0 aliphatic heterocycles. The van der Waals surface area contributed by atoms with E-state index < -0.39 is 0 Å². The maximum absolute atomic E-state index is 6.80. The van der Waals surface area contributed by atoms with Crippen LogP contribution in [-0.2, 0) is 0 Å². The number of aryl methyl sites for hydroxylation is 6. The monoisotopic (exact) mass is 928 g/mol. The standard InChI is InChI=1S/C68H52N2O2/c1-41-23-25-51(47-19-9-7-10-20-47)35-61(41)69(67-43(3)15-13-16-44(67)4)55-29-27-49-33-57-59-39-66-60(40-65(59)71-63(57)37-53(49)31-55)58-34-50-28-30-56(32-54(50)38-64(58)72-66)70(68-45(5)17-14-18-46(68)6)62-36-52(26-24-42(62)2)48-21-11-8-12-22-48/h7-40H,1-6H3. The van der Waals surface area contributed by atoms with Crippen molar-refractivity contribution >= 4 is 99.5 Å². The topological polar surface area (TPSA) is 32.8 Å². The van der Waals surface area contributed by atoms with Gasteiger partial charge < -0.3 is 18.6 Å². The number of nitrogens with zero attached hydrogens (tertiary/aromatic N) is 2. The first-order valence-electron chi connectivity index (χ1n) is 24.9. The summed E-state index contributed by atoms with van der Waals surface area (Å²) < 4.78 is 13.6. The van der Waals surface area contributed by atoms with Crippen LogP contribution in [0.5, 0.6) is 0 Å². The van der Waals surface area contributed by atoms with Gasteiger partial charge in [-0.25, -0.2) is 0 Å². The van der Waals surface area contributed by atoms with Crippen molar-refractivity contribution in [1.29, 1.82) is 0 Å². The fourth-order valence-corrected chi connectivity index (χ4v) is 11.2.